The van der Waals surface area contributed by atoms with Crippen LogP contribution in [0.4, 0.5) is 0 Å². The zero-order valence-electron chi connectivity index (χ0n) is 15.9. The summed E-state index contributed by atoms with van der Waals surface area (Å²) in [5.41, 5.74) is 5.83. The number of hydrogen-bond donors (Lipinski definition) is 5. The van der Waals surface area contributed by atoms with E-state index in [1.54, 1.807) is 24.3 Å². The highest BCUT2D eigenvalue weighted by atomic mass is 79.9. The summed E-state index contributed by atoms with van der Waals surface area (Å²) >= 11 is 6.68. The molecule has 0 radical (unpaired) electrons. The van der Waals surface area contributed by atoms with Gasteiger partial charge in [-0.25, -0.2) is 0 Å². The van der Waals surface area contributed by atoms with Crippen molar-refractivity contribution in [2.75, 3.05) is 19.6 Å². The molecule has 0 fully saturated rings. The quantitative estimate of drug-likeness (QED) is 0.306. The zero-order chi connectivity index (χ0) is 22.5. The summed E-state index contributed by atoms with van der Waals surface area (Å²) in [6, 6.07) is 9.59. The fraction of sp³-hybridized carbons (Fsp3) is 0.300. The molecule has 0 bridgehead atoms. The van der Waals surface area contributed by atoms with Crippen LogP contribution in [0.5, 0.6) is 11.5 Å². The van der Waals surface area contributed by atoms with E-state index in [-0.39, 0.29) is 30.9 Å². The minimum Gasteiger partial charge on any atom is -0.508 e. The number of carbonyl (C=O) groups is 2. The second-order valence-electron chi connectivity index (χ2n) is 6.97. The maximum Gasteiger partial charge on any atom is 0.317 e. The first-order valence-corrected chi connectivity index (χ1v) is 10.5. The molecule has 0 atom stereocenters. The molecule has 0 aromatic heterocycles. The van der Waals surface area contributed by atoms with E-state index in [2.05, 4.69) is 31.9 Å². The van der Waals surface area contributed by atoms with Crippen molar-refractivity contribution in [2.45, 2.75) is 18.4 Å². The summed E-state index contributed by atoms with van der Waals surface area (Å²) in [5, 5.41) is 39.5. The van der Waals surface area contributed by atoms with Gasteiger partial charge in [-0.2, -0.15) is 0 Å². The fourth-order valence-corrected chi connectivity index (χ4v) is 4.19. The van der Waals surface area contributed by atoms with Gasteiger partial charge >= 0.3 is 11.9 Å². The number of phenolic OH excluding ortho intramolecular Hbond substituents is 2. The Hall–Kier alpha value is -2.14. The molecular weight excluding hydrogens is 524 g/mol. The van der Waals surface area contributed by atoms with E-state index in [1.807, 2.05) is 0 Å². The van der Waals surface area contributed by atoms with Gasteiger partial charge in [0.1, 0.15) is 11.5 Å². The molecule has 0 aliphatic rings. The van der Waals surface area contributed by atoms with Gasteiger partial charge in [0, 0.05) is 21.0 Å². The molecule has 0 aliphatic heterocycles. The molecule has 0 amide bonds. The molecule has 6 N–H and O–H groups in total. The number of carboxylic acids is 2. The van der Waals surface area contributed by atoms with E-state index in [0.717, 1.165) is 0 Å². The molecule has 2 rings (SSSR count). The Morgan fingerprint density at radius 3 is 1.60 bits per heavy atom. The lowest BCUT2D eigenvalue weighted by Gasteiger charge is -2.42. The lowest BCUT2D eigenvalue weighted by atomic mass is 9.82. The van der Waals surface area contributed by atoms with Gasteiger partial charge in [-0.15, -0.1) is 0 Å². The molecule has 0 unspecified atom stereocenters. The average Bonchev–Trinajstić information content (AvgIpc) is 2.65. The van der Waals surface area contributed by atoms with Gasteiger partial charge in [-0.1, -0.05) is 31.9 Å². The highest BCUT2D eigenvalue weighted by Crippen LogP contribution is 2.34. The summed E-state index contributed by atoms with van der Waals surface area (Å²) in [5.74, 6) is -2.49. The molecule has 2 aromatic rings. The van der Waals surface area contributed by atoms with Crippen molar-refractivity contribution < 1.29 is 30.0 Å². The van der Waals surface area contributed by atoms with Gasteiger partial charge in [0.2, 0.25) is 0 Å². The van der Waals surface area contributed by atoms with Crippen molar-refractivity contribution in [2.24, 2.45) is 5.73 Å². The van der Waals surface area contributed by atoms with Crippen molar-refractivity contribution in [3.63, 3.8) is 0 Å². The van der Waals surface area contributed by atoms with Crippen LogP contribution in [0, 0.1) is 0 Å². The Labute approximate surface area is 190 Å². The molecule has 162 valence electrons. The number of rotatable bonds is 10. The van der Waals surface area contributed by atoms with Crippen LogP contribution in [0.3, 0.4) is 0 Å². The maximum absolute atomic E-state index is 11.5. The first-order valence-electron chi connectivity index (χ1n) is 8.90. The third kappa shape index (κ3) is 6.18. The molecule has 30 heavy (non-hydrogen) atoms. The third-order valence-corrected chi connectivity index (χ3v) is 5.81. The van der Waals surface area contributed by atoms with Gasteiger partial charge in [-0.05, 0) is 60.4 Å². The molecule has 2 aromatic carbocycles. The van der Waals surface area contributed by atoms with E-state index in [9.17, 15) is 30.0 Å². The van der Waals surface area contributed by atoms with Crippen LogP contribution >= 0.6 is 31.9 Å². The highest BCUT2D eigenvalue weighted by Gasteiger charge is 2.39. The predicted octanol–water partition coefficient (Wildman–Crippen LogP) is 2.58. The van der Waals surface area contributed by atoms with E-state index in [0.29, 0.717) is 20.1 Å². The van der Waals surface area contributed by atoms with Gasteiger partial charge in [0.25, 0.3) is 0 Å². The largest absolute Gasteiger partial charge is 0.508 e. The number of halogens is 2. The van der Waals surface area contributed by atoms with Gasteiger partial charge in [-0.3, -0.25) is 14.5 Å². The van der Waals surface area contributed by atoms with Crippen molar-refractivity contribution in [3.8, 4) is 11.5 Å². The van der Waals surface area contributed by atoms with Crippen LogP contribution in [0.1, 0.15) is 11.1 Å². The standard InChI is InChI=1S/C20H22Br2N2O6/c21-14-1-3-16(25)12(5-14)7-20(11-23,24(9-18(27)28)10-19(29)30)8-13-6-15(22)2-4-17(13)26/h1-6,25-26H,7-11,23H2,(H,27,28)(H,29,30). The van der Waals surface area contributed by atoms with Crippen LogP contribution in [0.15, 0.2) is 45.3 Å². The van der Waals surface area contributed by atoms with Crippen LogP contribution in [-0.2, 0) is 22.4 Å². The third-order valence-electron chi connectivity index (χ3n) is 4.83. The zero-order valence-corrected chi connectivity index (χ0v) is 19.1. The van der Waals surface area contributed by atoms with Crippen molar-refractivity contribution in [1.82, 2.24) is 4.90 Å². The van der Waals surface area contributed by atoms with Crippen molar-refractivity contribution in [1.29, 1.82) is 0 Å². The summed E-state index contributed by atoms with van der Waals surface area (Å²) in [7, 11) is 0. The Kier molecular flexibility index (Phi) is 8.25. The molecule has 10 heteroatoms. The van der Waals surface area contributed by atoms with E-state index in [4.69, 9.17) is 5.73 Å². The predicted molar refractivity (Wildman–Crippen MR) is 118 cm³/mol. The maximum atomic E-state index is 11.5. The Morgan fingerprint density at radius 1 is 0.867 bits per heavy atom. The number of aliphatic carboxylic acids is 2. The van der Waals surface area contributed by atoms with E-state index >= 15 is 0 Å². The van der Waals surface area contributed by atoms with Crippen LogP contribution in [0.25, 0.3) is 0 Å². The molecule has 0 spiro atoms. The van der Waals surface area contributed by atoms with Crippen molar-refractivity contribution in [3.05, 3.63) is 56.5 Å². The SMILES string of the molecule is NCC(Cc1cc(Br)ccc1O)(Cc1cc(Br)ccc1O)N(CC(=O)O)CC(=O)O. The highest BCUT2D eigenvalue weighted by molar-refractivity contribution is 9.10. The number of carboxylic acid groups (broad SMARTS) is 2. The Morgan fingerprint density at radius 2 is 1.27 bits per heavy atom. The van der Waals surface area contributed by atoms with Crippen LogP contribution in [-0.4, -0.2) is 62.4 Å². The number of benzene rings is 2. The first-order chi connectivity index (χ1) is 14.1. The molecule has 0 heterocycles. The summed E-state index contributed by atoms with van der Waals surface area (Å²) < 4.78 is 1.38. The number of phenols is 2. The average molecular weight is 546 g/mol. The van der Waals surface area contributed by atoms with Gasteiger partial charge < -0.3 is 26.2 Å². The minimum absolute atomic E-state index is 0.0277. The topological polar surface area (TPSA) is 144 Å². The number of hydrogen-bond acceptors (Lipinski definition) is 6. The van der Waals surface area contributed by atoms with Gasteiger partial charge in [0.05, 0.1) is 13.1 Å². The van der Waals surface area contributed by atoms with Crippen LogP contribution in [0.2, 0.25) is 0 Å². The molecule has 0 aliphatic carbocycles. The second kappa shape index (κ2) is 10.3. The Bertz CT molecular complexity index is 868. The Balaban J connectivity index is 2.62. The smallest absolute Gasteiger partial charge is 0.317 e. The molecular formula is C20H22Br2N2O6. The number of nitrogens with two attached hydrogens (primary N) is 1. The molecule has 8 nitrogen and oxygen atoms in total. The van der Waals surface area contributed by atoms with Crippen molar-refractivity contribution >= 4 is 43.8 Å². The summed E-state index contributed by atoms with van der Waals surface area (Å²) in [6.45, 7) is -1.27. The second-order valence-corrected chi connectivity index (χ2v) is 8.80. The number of aromatic hydroxyl groups is 2. The summed E-state index contributed by atoms with van der Waals surface area (Å²) in [6.07, 6.45) is 0.114. The first kappa shape index (κ1) is 24.1. The van der Waals surface area contributed by atoms with Gasteiger partial charge in [0.15, 0.2) is 0 Å². The van der Waals surface area contributed by atoms with E-state index < -0.39 is 30.6 Å². The number of nitrogens with zero attached hydrogens (tertiary/aromatic N) is 1. The van der Waals surface area contributed by atoms with E-state index in [1.165, 1.54) is 17.0 Å². The fourth-order valence-electron chi connectivity index (χ4n) is 3.38. The summed E-state index contributed by atoms with van der Waals surface area (Å²) in [4.78, 5) is 24.3. The monoisotopic (exact) mass is 544 g/mol. The lowest BCUT2D eigenvalue weighted by Crippen LogP contribution is -2.59. The molecule has 0 saturated heterocycles. The lowest BCUT2D eigenvalue weighted by molar-refractivity contribution is -0.144. The normalized spacial score (nSPS) is 11.6. The van der Waals surface area contributed by atoms with Crippen LogP contribution < -0.4 is 5.73 Å². The minimum atomic E-state index is -1.22. The molecule has 0 saturated carbocycles.